The lowest BCUT2D eigenvalue weighted by Gasteiger charge is -2.36. The van der Waals surface area contributed by atoms with Crippen LogP contribution in [0.3, 0.4) is 0 Å². The minimum Gasteiger partial charge on any atom is -0.473 e. The van der Waals surface area contributed by atoms with Gasteiger partial charge in [0.2, 0.25) is 0 Å². The van der Waals surface area contributed by atoms with E-state index in [-0.39, 0.29) is 0 Å². The second-order valence-corrected chi connectivity index (χ2v) is 8.03. The molecule has 174 valence electrons. The summed E-state index contributed by atoms with van der Waals surface area (Å²) < 4.78 is 0. The summed E-state index contributed by atoms with van der Waals surface area (Å²) in [7, 11) is 0. The number of benzene rings is 3. The van der Waals surface area contributed by atoms with Crippen LogP contribution in [-0.4, -0.2) is 40.8 Å². The number of nitrogens with zero attached hydrogens (tertiary/aromatic N) is 1. The van der Waals surface area contributed by atoms with Gasteiger partial charge in [-0.2, -0.15) is 5.26 Å². The fraction of sp³-hybridized carbons (Fsp3) is 0.222. The number of nitrogens with one attached hydrogen (secondary N) is 2. The molecule has 0 aromatic heterocycles. The number of anilines is 1. The number of aliphatic carboxylic acids is 2. The topological polar surface area (TPSA) is 122 Å². The van der Waals surface area contributed by atoms with Gasteiger partial charge in [-0.3, -0.25) is 0 Å². The Bertz CT molecular complexity index is 1050. The molecule has 1 fully saturated rings. The van der Waals surface area contributed by atoms with Gasteiger partial charge in [-0.05, 0) is 48.2 Å². The number of carbonyl (C=O) groups is 2. The lowest BCUT2D eigenvalue weighted by Crippen LogP contribution is -2.47. The van der Waals surface area contributed by atoms with Crippen molar-refractivity contribution in [3.8, 4) is 6.07 Å². The van der Waals surface area contributed by atoms with E-state index in [1.807, 2.05) is 24.3 Å². The third-order valence-electron chi connectivity index (χ3n) is 5.74. The van der Waals surface area contributed by atoms with Crippen LogP contribution in [-0.2, 0) is 9.59 Å². The zero-order valence-electron chi connectivity index (χ0n) is 18.6. The fourth-order valence-corrected chi connectivity index (χ4v) is 4.14. The van der Waals surface area contributed by atoms with Gasteiger partial charge in [0.25, 0.3) is 0 Å². The van der Waals surface area contributed by atoms with E-state index in [9.17, 15) is 0 Å². The summed E-state index contributed by atoms with van der Waals surface area (Å²) in [5.74, 6) is -3.29. The molecule has 1 aliphatic heterocycles. The highest BCUT2D eigenvalue weighted by Crippen LogP contribution is 2.32. The van der Waals surface area contributed by atoms with Gasteiger partial charge in [0, 0.05) is 30.2 Å². The van der Waals surface area contributed by atoms with Crippen LogP contribution in [0.25, 0.3) is 0 Å². The number of hydrogen-bond donors (Lipinski definition) is 4. The van der Waals surface area contributed by atoms with Crippen LogP contribution in [0.2, 0.25) is 0 Å². The lowest BCUT2D eigenvalue weighted by molar-refractivity contribution is -0.159. The lowest BCUT2D eigenvalue weighted by atomic mass is 9.81. The maximum atomic E-state index is 9.10. The van der Waals surface area contributed by atoms with Crippen molar-refractivity contribution in [2.45, 2.75) is 30.8 Å². The Morgan fingerprint density at radius 1 is 0.853 bits per heavy atom. The first-order chi connectivity index (χ1) is 16.5. The van der Waals surface area contributed by atoms with Crippen LogP contribution >= 0.6 is 0 Å². The minimum atomic E-state index is -1.82. The van der Waals surface area contributed by atoms with Crippen molar-refractivity contribution in [2.75, 3.05) is 11.9 Å². The van der Waals surface area contributed by atoms with Crippen molar-refractivity contribution in [3.63, 3.8) is 0 Å². The van der Waals surface area contributed by atoms with E-state index in [0.717, 1.165) is 25.1 Å². The monoisotopic (exact) mass is 457 g/mol. The number of rotatable bonds is 5. The van der Waals surface area contributed by atoms with Crippen LogP contribution in [0.5, 0.6) is 0 Å². The van der Waals surface area contributed by atoms with Crippen LogP contribution in [0.15, 0.2) is 84.9 Å². The first-order valence-corrected chi connectivity index (χ1v) is 11.0. The zero-order chi connectivity index (χ0) is 24.3. The van der Waals surface area contributed by atoms with Crippen molar-refractivity contribution in [1.82, 2.24) is 5.32 Å². The molecule has 4 rings (SSSR count). The highest BCUT2D eigenvalue weighted by molar-refractivity contribution is 6.27. The van der Waals surface area contributed by atoms with Crippen LogP contribution < -0.4 is 10.6 Å². The highest BCUT2D eigenvalue weighted by atomic mass is 16.4. The maximum Gasteiger partial charge on any atom is 0.414 e. The van der Waals surface area contributed by atoms with Crippen molar-refractivity contribution in [1.29, 1.82) is 5.26 Å². The normalized spacial score (nSPS) is 17.1. The highest BCUT2D eigenvalue weighted by Gasteiger charge is 2.29. The number of piperidine rings is 1. The molecule has 3 aromatic carbocycles. The summed E-state index contributed by atoms with van der Waals surface area (Å²) in [6.45, 7) is 0.931. The van der Waals surface area contributed by atoms with Crippen molar-refractivity contribution >= 4 is 17.6 Å². The first kappa shape index (κ1) is 24.5. The van der Waals surface area contributed by atoms with Gasteiger partial charge in [-0.25, -0.2) is 9.59 Å². The van der Waals surface area contributed by atoms with E-state index in [1.165, 1.54) is 11.1 Å². The molecule has 1 saturated heterocycles. The smallest absolute Gasteiger partial charge is 0.414 e. The van der Waals surface area contributed by atoms with E-state index < -0.39 is 11.9 Å². The number of carboxylic acid groups (broad SMARTS) is 2. The summed E-state index contributed by atoms with van der Waals surface area (Å²) in [5.41, 5.74) is 4.50. The summed E-state index contributed by atoms with van der Waals surface area (Å²) in [5, 5.41) is 31.1. The van der Waals surface area contributed by atoms with Crippen LogP contribution in [0, 0.1) is 11.3 Å². The first-order valence-electron chi connectivity index (χ1n) is 11.0. The van der Waals surface area contributed by atoms with Crippen molar-refractivity contribution < 1.29 is 19.8 Å². The zero-order valence-corrected chi connectivity index (χ0v) is 18.6. The molecule has 7 heteroatoms. The van der Waals surface area contributed by atoms with E-state index in [4.69, 9.17) is 25.1 Å². The van der Waals surface area contributed by atoms with E-state index in [2.05, 4.69) is 77.4 Å². The molecule has 0 spiro atoms. The molecule has 0 bridgehead atoms. The maximum absolute atomic E-state index is 9.10. The quantitative estimate of drug-likeness (QED) is 0.426. The predicted octanol–water partition coefficient (Wildman–Crippen LogP) is 4.08. The van der Waals surface area contributed by atoms with E-state index in [0.29, 0.717) is 23.6 Å². The summed E-state index contributed by atoms with van der Waals surface area (Å²) >= 11 is 0. The second kappa shape index (κ2) is 12.2. The number of hydrogen-bond acceptors (Lipinski definition) is 5. The predicted molar refractivity (Wildman–Crippen MR) is 130 cm³/mol. The van der Waals surface area contributed by atoms with E-state index in [1.54, 1.807) is 0 Å². The molecule has 7 nitrogen and oxygen atoms in total. The van der Waals surface area contributed by atoms with Gasteiger partial charge < -0.3 is 20.8 Å². The van der Waals surface area contributed by atoms with Crippen molar-refractivity contribution in [2.24, 2.45) is 0 Å². The Hall–Kier alpha value is -4.15. The minimum absolute atomic E-state index is 0.360. The molecule has 2 atom stereocenters. The molecule has 1 heterocycles. The summed E-state index contributed by atoms with van der Waals surface area (Å²) in [4.78, 5) is 18.2. The Kier molecular flexibility index (Phi) is 8.78. The molecule has 1 aliphatic rings. The fourth-order valence-electron chi connectivity index (χ4n) is 4.14. The average Bonchev–Trinajstić information content (AvgIpc) is 2.87. The molecule has 0 radical (unpaired) electrons. The SMILES string of the molecule is N#Cc1ccc(N[C@@H]2CC[C@H](C(c3ccccc3)c3ccccc3)NC2)cc1.O=C(O)C(=O)O. The van der Waals surface area contributed by atoms with Gasteiger partial charge in [-0.1, -0.05) is 60.7 Å². The van der Waals surface area contributed by atoms with Crippen LogP contribution in [0.4, 0.5) is 5.69 Å². The molecule has 0 aliphatic carbocycles. The standard InChI is InChI=1S/C25H25N3.C2H2O4/c26-17-19-11-13-22(14-12-19)28-23-15-16-24(27-18-23)25(20-7-3-1-4-8-20)21-9-5-2-6-10-21;3-1(4)2(5)6/h1-14,23-25,27-28H,15-16,18H2;(H,3,4)(H,5,6)/t23-,24-;/m1./s1. The molecule has 34 heavy (non-hydrogen) atoms. The average molecular weight is 458 g/mol. The second-order valence-electron chi connectivity index (χ2n) is 8.03. The van der Waals surface area contributed by atoms with E-state index >= 15 is 0 Å². The molecular weight excluding hydrogens is 430 g/mol. The van der Waals surface area contributed by atoms with Crippen molar-refractivity contribution in [3.05, 3.63) is 102 Å². The number of nitriles is 1. The molecular formula is C27H27N3O4. The number of carboxylic acids is 2. The van der Waals surface area contributed by atoms with Gasteiger partial charge in [-0.15, -0.1) is 0 Å². The van der Waals surface area contributed by atoms with Crippen LogP contribution in [0.1, 0.15) is 35.4 Å². The Morgan fingerprint density at radius 2 is 1.38 bits per heavy atom. The Labute approximate surface area is 198 Å². The Balaban J connectivity index is 0.000000481. The summed E-state index contributed by atoms with van der Waals surface area (Å²) in [6, 6.07) is 32.3. The van der Waals surface area contributed by atoms with Gasteiger partial charge in [0.1, 0.15) is 0 Å². The molecule has 3 aromatic rings. The molecule has 0 saturated carbocycles. The molecule has 0 unspecified atom stereocenters. The Morgan fingerprint density at radius 3 is 1.79 bits per heavy atom. The van der Waals surface area contributed by atoms with Gasteiger partial charge in [0.05, 0.1) is 11.6 Å². The molecule has 4 N–H and O–H groups in total. The van der Waals surface area contributed by atoms with Gasteiger partial charge in [0.15, 0.2) is 0 Å². The largest absolute Gasteiger partial charge is 0.473 e. The summed E-state index contributed by atoms with van der Waals surface area (Å²) in [6.07, 6.45) is 2.23. The third-order valence-corrected chi connectivity index (χ3v) is 5.74. The van der Waals surface area contributed by atoms with Gasteiger partial charge >= 0.3 is 11.9 Å². The third kappa shape index (κ3) is 6.92. The molecule has 0 amide bonds.